The zero-order valence-electron chi connectivity index (χ0n) is 33.0. The number of hydrogen-bond donors (Lipinski definition) is 6. The normalized spacial score (nSPS) is 40.3. The standard InChI is InChI=1S/C36H59NO17S3/c1-19(21(3)33(40)37-15-16-50-55(41,42)43)7-8-20(2)25-9-10-26-24-18-29(52-34-31(39)30(38)32(22(4)51-34)54-57(47,48)49)28-17-23(53-56(44,45)46)11-13-36(28,6)27(24)12-14-35(25,26)5/h7-8,12,19-26,28-32,34,38-39H,9-11,13-18H2,1-6H3,(H,37,40)(H,41,42,43)(H,44,45,46)(H,47,48,49)/b8-7+/t19-,20-,21-,22?,23+,24+,25-,26+,28-,29+,30?,31?,32-,34+,35-,36-/m1/s1. The Kier molecular flexibility index (Phi) is 14.2. The molecule has 5 aliphatic rings. The molecule has 6 N–H and O–H groups in total. The number of amides is 1. The van der Waals surface area contributed by atoms with Crippen LogP contribution in [0, 0.1) is 52.3 Å². The monoisotopic (exact) mass is 873 g/mol. The molecule has 0 spiro atoms. The predicted octanol–water partition coefficient (Wildman–Crippen LogP) is 2.80. The van der Waals surface area contributed by atoms with Crippen LogP contribution >= 0.6 is 0 Å². The molecule has 3 saturated carbocycles. The lowest BCUT2D eigenvalue weighted by Crippen LogP contribution is -2.61. The number of fused-ring (bicyclic) bond motifs is 5. The minimum Gasteiger partial charge on any atom is -0.387 e. The number of aliphatic hydroxyl groups excluding tert-OH is 2. The number of carbonyl (C=O) groups excluding carboxylic acids is 1. The number of allylic oxidation sites excluding steroid dienone is 4. The van der Waals surface area contributed by atoms with Crippen molar-refractivity contribution in [1.29, 1.82) is 0 Å². The maximum atomic E-state index is 12.7. The third-order valence-electron chi connectivity index (χ3n) is 13.8. The summed E-state index contributed by atoms with van der Waals surface area (Å²) in [6.45, 7) is 11.3. The Labute approximate surface area is 335 Å². The van der Waals surface area contributed by atoms with Crippen molar-refractivity contribution in [2.75, 3.05) is 13.2 Å². The summed E-state index contributed by atoms with van der Waals surface area (Å²) in [6, 6.07) is 0. The number of nitrogens with one attached hydrogen (secondary N) is 1. The van der Waals surface area contributed by atoms with Crippen molar-refractivity contribution in [3.8, 4) is 0 Å². The SMILES string of the molecule is CC1O[C@@H](O[C@H]2C[C@@H]3C(=CC[C@]4(C)[C@@H]([C@H](C)/C=C/[C@@H](C)[C@@H](C)C(=O)NCCOS(=O)(=O)O)CC[C@@H]34)[C@@]3(C)CC[C@H](OS(=O)(=O)O)C[C@H]23)C(O)C(O)[C@@H]1OS(=O)(=O)O. The van der Waals surface area contributed by atoms with E-state index in [9.17, 15) is 49.4 Å². The molecule has 16 atom stereocenters. The smallest absolute Gasteiger partial charge is 0.387 e. The number of hydrogen-bond acceptors (Lipinski definition) is 14. The Balaban J connectivity index is 1.34. The topological polar surface area (TPSA) is 279 Å². The van der Waals surface area contributed by atoms with Gasteiger partial charge in [0, 0.05) is 12.5 Å². The van der Waals surface area contributed by atoms with Crippen LogP contribution in [-0.2, 0) is 58.0 Å². The maximum Gasteiger partial charge on any atom is 0.397 e. The van der Waals surface area contributed by atoms with E-state index < -0.39 is 85.4 Å². The van der Waals surface area contributed by atoms with Gasteiger partial charge in [0.15, 0.2) is 6.29 Å². The van der Waals surface area contributed by atoms with Gasteiger partial charge in [-0.05, 0) is 98.2 Å². The minimum atomic E-state index is -4.99. The quantitative estimate of drug-likeness (QED) is 0.0784. The van der Waals surface area contributed by atoms with E-state index in [1.54, 1.807) is 6.92 Å². The first-order chi connectivity index (χ1) is 26.2. The lowest BCUT2D eigenvalue weighted by atomic mass is 9.47. The summed E-state index contributed by atoms with van der Waals surface area (Å²) in [7, 11) is -14.3. The molecule has 0 aromatic carbocycles. The van der Waals surface area contributed by atoms with E-state index >= 15 is 0 Å². The molecule has 18 nitrogen and oxygen atoms in total. The zero-order chi connectivity index (χ0) is 42.5. The van der Waals surface area contributed by atoms with Gasteiger partial charge in [0.05, 0.1) is 24.9 Å². The average Bonchev–Trinajstić information content (AvgIpc) is 3.45. The van der Waals surface area contributed by atoms with E-state index in [2.05, 4.69) is 46.6 Å². The van der Waals surface area contributed by atoms with Gasteiger partial charge in [-0.15, -0.1) is 0 Å². The van der Waals surface area contributed by atoms with Gasteiger partial charge in [-0.25, -0.2) is 12.5 Å². The molecule has 0 aromatic heterocycles. The second kappa shape index (κ2) is 17.4. The van der Waals surface area contributed by atoms with Crippen molar-refractivity contribution in [1.82, 2.24) is 5.32 Å². The number of rotatable bonds is 15. The fraction of sp³-hybridized carbons (Fsp3) is 0.861. The molecule has 1 aliphatic heterocycles. The zero-order valence-corrected chi connectivity index (χ0v) is 35.5. The first-order valence-corrected chi connectivity index (χ1v) is 23.6. The Morgan fingerprint density at radius 2 is 1.60 bits per heavy atom. The summed E-state index contributed by atoms with van der Waals surface area (Å²) in [5.41, 5.74) is 0.657. The third-order valence-corrected chi connectivity index (χ3v) is 15.3. The Morgan fingerprint density at radius 3 is 2.23 bits per heavy atom. The predicted molar refractivity (Wildman–Crippen MR) is 202 cm³/mol. The van der Waals surface area contributed by atoms with Crippen LogP contribution in [0.1, 0.15) is 86.5 Å². The first-order valence-electron chi connectivity index (χ1n) is 19.5. The van der Waals surface area contributed by atoms with E-state index in [4.69, 9.17) is 18.2 Å². The first kappa shape index (κ1) is 46.5. The average molecular weight is 874 g/mol. The molecule has 3 unspecified atom stereocenters. The summed E-state index contributed by atoms with van der Waals surface area (Å²) in [5, 5.41) is 24.6. The van der Waals surface area contributed by atoms with E-state index in [-0.39, 0.29) is 66.4 Å². The van der Waals surface area contributed by atoms with Gasteiger partial charge in [0.1, 0.15) is 18.3 Å². The molecular weight excluding hydrogens is 815 g/mol. The molecule has 4 fully saturated rings. The van der Waals surface area contributed by atoms with E-state index in [1.807, 2.05) is 13.0 Å². The third kappa shape index (κ3) is 10.7. The molecule has 328 valence electrons. The van der Waals surface area contributed by atoms with Gasteiger partial charge in [-0.1, -0.05) is 58.4 Å². The van der Waals surface area contributed by atoms with Crippen LogP contribution in [0.25, 0.3) is 0 Å². The van der Waals surface area contributed by atoms with Gasteiger partial charge in [-0.3, -0.25) is 18.5 Å². The highest BCUT2D eigenvalue weighted by atomic mass is 32.3. The van der Waals surface area contributed by atoms with Crippen molar-refractivity contribution in [3.05, 3.63) is 23.8 Å². The van der Waals surface area contributed by atoms with Gasteiger partial charge in [0.25, 0.3) is 0 Å². The van der Waals surface area contributed by atoms with Crippen molar-refractivity contribution in [2.45, 2.75) is 129 Å². The van der Waals surface area contributed by atoms with Gasteiger partial charge < -0.3 is 25.0 Å². The fourth-order valence-corrected chi connectivity index (χ4v) is 12.1. The van der Waals surface area contributed by atoms with Crippen molar-refractivity contribution < 1.29 is 75.9 Å². The van der Waals surface area contributed by atoms with Crippen LogP contribution in [0.4, 0.5) is 0 Å². The Bertz CT molecular complexity index is 1860. The van der Waals surface area contributed by atoms with Gasteiger partial charge >= 0.3 is 31.2 Å². The molecule has 21 heteroatoms. The highest BCUT2D eigenvalue weighted by molar-refractivity contribution is 7.81. The molecule has 1 saturated heterocycles. The maximum absolute atomic E-state index is 12.7. The van der Waals surface area contributed by atoms with E-state index in [0.29, 0.717) is 19.3 Å². The van der Waals surface area contributed by atoms with Crippen LogP contribution in [0.15, 0.2) is 23.8 Å². The van der Waals surface area contributed by atoms with Crippen LogP contribution in [0.3, 0.4) is 0 Å². The largest absolute Gasteiger partial charge is 0.397 e. The minimum absolute atomic E-state index is 0.0429. The molecule has 1 heterocycles. The number of carbonyl (C=O) groups is 1. The molecule has 0 radical (unpaired) electrons. The number of ether oxygens (including phenoxy) is 2. The van der Waals surface area contributed by atoms with Crippen LogP contribution < -0.4 is 5.32 Å². The summed E-state index contributed by atoms with van der Waals surface area (Å²) in [4.78, 5) is 12.7. The van der Waals surface area contributed by atoms with Crippen molar-refractivity contribution in [2.24, 2.45) is 52.3 Å². The second-order valence-electron chi connectivity index (χ2n) is 17.2. The summed E-state index contributed by atoms with van der Waals surface area (Å²) < 4.78 is 122. The van der Waals surface area contributed by atoms with Crippen molar-refractivity contribution in [3.63, 3.8) is 0 Å². The molecule has 0 aromatic rings. The Hall–Kier alpha value is -1.60. The second-order valence-corrected chi connectivity index (χ2v) is 20.4. The molecule has 57 heavy (non-hydrogen) atoms. The van der Waals surface area contributed by atoms with Crippen molar-refractivity contribution >= 4 is 37.1 Å². The molecular formula is C36H59NO17S3. The Morgan fingerprint density at radius 1 is 0.930 bits per heavy atom. The van der Waals surface area contributed by atoms with Crippen LogP contribution in [-0.4, -0.2) is 111 Å². The summed E-state index contributed by atoms with van der Waals surface area (Å²) in [5.74, 6) is -0.486. The molecule has 4 aliphatic carbocycles. The fourth-order valence-electron chi connectivity index (χ4n) is 10.8. The highest BCUT2D eigenvalue weighted by Crippen LogP contribution is 2.67. The van der Waals surface area contributed by atoms with Gasteiger partial charge in [-0.2, -0.15) is 25.3 Å². The lowest BCUT2D eigenvalue weighted by molar-refractivity contribution is -0.312. The summed E-state index contributed by atoms with van der Waals surface area (Å²) in [6.07, 6.45) is 1.57. The molecule has 1 amide bonds. The van der Waals surface area contributed by atoms with Gasteiger partial charge in [0.2, 0.25) is 5.91 Å². The van der Waals surface area contributed by atoms with Crippen LogP contribution in [0.2, 0.25) is 0 Å². The number of aliphatic hydroxyl groups is 2. The molecule has 0 bridgehead atoms. The van der Waals surface area contributed by atoms with Crippen LogP contribution in [0.5, 0.6) is 0 Å². The highest BCUT2D eigenvalue weighted by Gasteiger charge is 2.61. The summed E-state index contributed by atoms with van der Waals surface area (Å²) >= 11 is 0. The van der Waals surface area contributed by atoms with E-state index in [0.717, 1.165) is 19.3 Å². The molecule has 5 rings (SSSR count). The lowest BCUT2D eigenvalue weighted by Gasteiger charge is -2.59. The van der Waals surface area contributed by atoms with E-state index in [1.165, 1.54) is 12.5 Å².